The molecule has 0 aromatic heterocycles. The highest BCUT2D eigenvalue weighted by Gasteiger charge is 2.42. The molecule has 6 nitrogen and oxygen atoms in total. The smallest absolute Gasteiger partial charge is 0.337 e. The van der Waals surface area contributed by atoms with E-state index >= 15 is 0 Å². The molecule has 2 aliphatic carbocycles. The third-order valence-electron chi connectivity index (χ3n) is 7.65. The Kier molecular flexibility index (Phi) is 7.87. The minimum atomic E-state index is -0.644. The fraction of sp³-hybridized carbons (Fsp3) is 0.400. The minimum Gasteiger partial charge on any atom is -0.503 e. The third kappa shape index (κ3) is 5.23. The van der Waals surface area contributed by atoms with E-state index in [1.54, 1.807) is 12.1 Å². The number of allylic oxidation sites excluding steroid dienone is 3. The van der Waals surface area contributed by atoms with Crippen molar-refractivity contribution >= 4 is 39.3 Å². The van der Waals surface area contributed by atoms with Crippen molar-refractivity contribution in [1.29, 1.82) is 0 Å². The molecule has 0 spiro atoms. The quantitative estimate of drug-likeness (QED) is 0.346. The number of phenols is 1. The number of dihydropyridines is 1. The zero-order valence-corrected chi connectivity index (χ0v) is 23.8. The van der Waals surface area contributed by atoms with Gasteiger partial charge in [0.15, 0.2) is 17.3 Å². The van der Waals surface area contributed by atoms with Crippen LogP contribution in [0.2, 0.25) is 5.02 Å². The Morgan fingerprint density at radius 2 is 1.84 bits per heavy atom. The van der Waals surface area contributed by atoms with E-state index in [1.807, 2.05) is 38.1 Å². The van der Waals surface area contributed by atoms with Crippen molar-refractivity contribution in [3.05, 3.63) is 79.6 Å². The first-order valence-electron chi connectivity index (χ1n) is 13.1. The predicted octanol–water partition coefficient (Wildman–Crippen LogP) is 7.05. The highest BCUT2D eigenvalue weighted by molar-refractivity contribution is 9.10. The van der Waals surface area contributed by atoms with Gasteiger partial charge < -0.3 is 19.9 Å². The van der Waals surface area contributed by atoms with Crippen LogP contribution < -0.4 is 10.1 Å². The van der Waals surface area contributed by atoms with Crippen molar-refractivity contribution in [3.63, 3.8) is 0 Å². The summed E-state index contributed by atoms with van der Waals surface area (Å²) in [5.41, 5.74) is 4.20. The Hall–Kier alpha value is -2.77. The lowest BCUT2D eigenvalue weighted by molar-refractivity contribution is -0.144. The van der Waals surface area contributed by atoms with E-state index in [4.69, 9.17) is 21.1 Å². The summed E-state index contributed by atoms with van der Waals surface area (Å²) in [5, 5.41) is 14.6. The largest absolute Gasteiger partial charge is 0.503 e. The van der Waals surface area contributed by atoms with Crippen molar-refractivity contribution < 1.29 is 24.2 Å². The lowest BCUT2D eigenvalue weighted by Crippen LogP contribution is -2.36. The van der Waals surface area contributed by atoms with Crippen LogP contribution in [-0.4, -0.2) is 29.6 Å². The van der Waals surface area contributed by atoms with Gasteiger partial charge in [-0.15, -0.1) is 0 Å². The number of hydrogen-bond acceptors (Lipinski definition) is 6. The van der Waals surface area contributed by atoms with Gasteiger partial charge in [-0.2, -0.15) is 0 Å². The van der Waals surface area contributed by atoms with Crippen LogP contribution in [0.5, 0.6) is 11.5 Å². The Balaban J connectivity index is 1.59. The van der Waals surface area contributed by atoms with Gasteiger partial charge in [0.25, 0.3) is 0 Å². The second-order valence-electron chi connectivity index (χ2n) is 10.2. The highest BCUT2D eigenvalue weighted by atomic mass is 79.9. The van der Waals surface area contributed by atoms with Crippen molar-refractivity contribution in [3.8, 4) is 11.5 Å². The third-order valence-corrected chi connectivity index (χ3v) is 8.51. The first kappa shape index (κ1) is 26.8. The van der Waals surface area contributed by atoms with Crippen molar-refractivity contribution in [2.45, 2.75) is 70.3 Å². The zero-order chi connectivity index (χ0) is 27.0. The molecule has 200 valence electrons. The molecular formula is C30H31BrClNO5. The van der Waals surface area contributed by atoms with Gasteiger partial charge in [-0.05, 0) is 103 Å². The number of Topliss-reactive ketones (excluding diaryl/α,β-unsaturated/α-hetero) is 1. The summed E-state index contributed by atoms with van der Waals surface area (Å²) in [6.07, 6.45) is 4.62. The molecule has 5 rings (SSSR count). The highest BCUT2D eigenvalue weighted by Crippen LogP contribution is 2.48. The number of hydrogen-bond donors (Lipinski definition) is 2. The minimum absolute atomic E-state index is 0.00278. The SMILES string of the molecule is CCOc1cc([C@@H]2C(C(=O)OC3CCCC3)=C(C)NC3=C2C(=O)C[C@@H](c2ccc(Cl)cc2)C3)cc(Br)c1O. The molecule has 2 atom stereocenters. The lowest BCUT2D eigenvalue weighted by Gasteiger charge is -2.37. The van der Waals surface area contributed by atoms with Gasteiger partial charge in [-0.3, -0.25) is 4.79 Å². The number of rotatable bonds is 6. The summed E-state index contributed by atoms with van der Waals surface area (Å²) in [5.74, 6) is -0.807. The number of phenolic OH excluding ortho intramolecular Hbond substituents is 1. The number of carbonyl (C=O) groups is 2. The van der Waals surface area contributed by atoms with Gasteiger partial charge in [-0.1, -0.05) is 23.7 Å². The van der Waals surface area contributed by atoms with Crippen molar-refractivity contribution in [1.82, 2.24) is 5.32 Å². The molecule has 38 heavy (non-hydrogen) atoms. The standard InChI is InChI=1S/C30H31BrClNO5/c1-3-37-25-15-19(12-22(31)29(25)35)27-26(30(36)38-21-6-4-5-7-21)16(2)33-23-13-18(14-24(34)28(23)27)17-8-10-20(32)11-9-17/h8-12,15,18,21,27,33,35H,3-7,13-14H2,1-2H3/t18-,27+/m0/s1. The number of ether oxygens (including phenoxy) is 2. The molecule has 0 radical (unpaired) electrons. The van der Waals surface area contributed by atoms with Gasteiger partial charge in [0.1, 0.15) is 6.10 Å². The van der Waals surface area contributed by atoms with E-state index in [0.717, 1.165) is 36.9 Å². The van der Waals surface area contributed by atoms with Crippen LogP contribution in [0.4, 0.5) is 0 Å². The Morgan fingerprint density at radius 1 is 1.13 bits per heavy atom. The molecule has 0 amide bonds. The fourth-order valence-electron chi connectivity index (χ4n) is 5.86. The maximum absolute atomic E-state index is 13.9. The number of carbonyl (C=O) groups excluding carboxylic acids is 2. The second-order valence-corrected chi connectivity index (χ2v) is 11.5. The van der Waals surface area contributed by atoms with Crippen LogP contribution in [-0.2, 0) is 14.3 Å². The second kappa shape index (κ2) is 11.1. The average molecular weight is 601 g/mol. The number of esters is 1. The van der Waals surface area contributed by atoms with E-state index in [-0.39, 0.29) is 23.6 Å². The van der Waals surface area contributed by atoms with Gasteiger partial charge in [-0.25, -0.2) is 4.79 Å². The van der Waals surface area contributed by atoms with Crippen LogP contribution in [0.25, 0.3) is 0 Å². The molecule has 2 aromatic carbocycles. The monoisotopic (exact) mass is 599 g/mol. The molecule has 0 unspecified atom stereocenters. The molecular weight excluding hydrogens is 570 g/mol. The zero-order valence-electron chi connectivity index (χ0n) is 21.5. The summed E-state index contributed by atoms with van der Waals surface area (Å²) in [6, 6.07) is 11.1. The number of halogens is 2. The molecule has 1 heterocycles. The van der Waals surface area contributed by atoms with Gasteiger partial charge in [0, 0.05) is 34.3 Å². The molecule has 1 fully saturated rings. The molecule has 1 saturated carbocycles. The Labute approximate surface area is 236 Å². The van der Waals surface area contributed by atoms with Crippen LogP contribution in [0.1, 0.15) is 75.3 Å². The fourth-order valence-corrected chi connectivity index (χ4v) is 6.45. The maximum atomic E-state index is 13.9. The first-order chi connectivity index (χ1) is 18.3. The van der Waals surface area contributed by atoms with E-state index in [1.165, 1.54) is 0 Å². The van der Waals surface area contributed by atoms with Gasteiger partial charge in [0.05, 0.1) is 16.7 Å². The molecule has 3 aliphatic rings. The number of ketones is 1. The number of aromatic hydroxyl groups is 1. The average Bonchev–Trinajstić information content (AvgIpc) is 3.39. The van der Waals surface area contributed by atoms with E-state index in [2.05, 4.69) is 21.2 Å². The van der Waals surface area contributed by atoms with E-state index in [0.29, 0.717) is 57.1 Å². The summed E-state index contributed by atoms with van der Waals surface area (Å²) in [4.78, 5) is 27.5. The summed E-state index contributed by atoms with van der Waals surface area (Å²) < 4.78 is 12.1. The first-order valence-corrected chi connectivity index (χ1v) is 14.3. The van der Waals surface area contributed by atoms with E-state index < -0.39 is 11.9 Å². The van der Waals surface area contributed by atoms with Crippen LogP contribution in [0, 0.1) is 0 Å². The lowest BCUT2D eigenvalue weighted by atomic mass is 9.71. The van der Waals surface area contributed by atoms with E-state index in [9.17, 15) is 14.7 Å². The van der Waals surface area contributed by atoms with Crippen molar-refractivity contribution in [2.24, 2.45) is 0 Å². The van der Waals surface area contributed by atoms with Crippen molar-refractivity contribution in [2.75, 3.05) is 6.61 Å². The van der Waals surface area contributed by atoms with Gasteiger partial charge in [0.2, 0.25) is 0 Å². The maximum Gasteiger partial charge on any atom is 0.337 e. The summed E-state index contributed by atoms with van der Waals surface area (Å²) in [6.45, 7) is 4.05. The molecule has 2 N–H and O–H groups in total. The Morgan fingerprint density at radius 3 is 2.53 bits per heavy atom. The molecule has 2 aromatic rings. The molecule has 0 bridgehead atoms. The number of nitrogens with one attached hydrogen (secondary N) is 1. The van der Waals surface area contributed by atoms with Crippen LogP contribution in [0.3, 0.4) is 0 Å². The topological polar surface area (TPSA) is 84.9 Å². The normalized spacial score (nSPS) is 21.8. The van der Waals surface area contributed by atoms with Crippen LogP contribution in [0.15, 0.2) is 63.4 Å². The number of benzene rings is 2. The molecule has 1 aliphatic heterocycles. The molecule has 0 saturated heterocycles. The Bertz CT molecular complexity index is 1330. The van der Waals surface area contributed by atoms with Crippen LogP contribution >= 0.6 is 27.5 Å². The predicted molar refractivity (Wildman–Crippen MR) is 149 cm³/mol. The molecule has 8 heteroatoms. The van der Waals surface area contributed by atoms with Gasteiger partial charge >= 0.3 is 5.97 Å². The summed E-state index contributed by atoms with van der Waals surface area (Å²) in [7, 11) is 0. The summed E-state index contributed by atoms with van der Waals surface area (Å²) >= 11 is 9.53.